The fourth-order valence-electron chi connectivity index (χ4n) is 5.83. The van der Waals surface area contributed by atoms with E-state index in [0.29, 0.717) is 12.6 Å². The first-order valence-electron chi connectivity index (χ1n) is 10.9. The maximum atomic E-state index is 13.7. The van der Waals surface area contributed by atoms with Crippen LogP contribution in [-0.4, -0.2) is 34.8 Å². The summed E-state index contributed by atoms with van der Waals surface area (Å²) in [5.41, 5.74) is 1.36. The van der Waals surface area contributed by atoms with Gasteiger partial charge in [-0.2, -0.15) is 0 Å². The molecule has 2 aliphatic carbocycles. The van der Waals surface area contributed by atoms with Gasteiger partial charge in [0.25, 0.3) is 5.91 Å². The van der Waals surface area contributed by atoms with Crippen molar-refractivity contribution in [1.82, 2.24) is 10.2 Å². The van der Waals surface area contributed by atoms with Gasteiger partial charge >= 0.3 is 0 Å². The predicted octanol–water partition coefficient (Wildman–Crippen LogP) is 4.40. The van der Waals surface area contributed by atoms with Crippen molar-refractivity contribution < 1.29 is 9.59 Å². The average molecular weight is 369 g/mol. The van der Waals surface area contributed by atoms with Crippen molar-refractivity contribution in [1.29, 1.82) is 0 Å². The summed E-state index contributed by atoms with van der Waals surface area (Å²) in [5.74, 6) is 0.0412. The van der Waals surface area contributed by atoms with Crippen molar-refractivity contribution in [2.45, 2.75) is 88.6 Å². The van der Waals surface area contributed by atoms with E-state index in [1.807, 2.05) is 24.3 Å². The highest BCUT2D eigenvalue weighted by Crippen LogP contribution is 2.51. The van der Waals surface area contributed by atoms with Gasteiger partial charge in [0.2, 0.25) is 5.91 Å². The molecule has 1 aromatic rings. The van der Waals surface area contributed by atoms with Crippen molar-refractivity contribution >= 4 is 11.8 Å². The Balaban J connectivity index is 1.85. The monoisotopic (exact) mass is 368 g/mol. The van der Waals surface area contributed by atoms with Crippen LogP contribution in [-0.2, 0) is 4.79 Å². The summed E-state index contributed by atoms with van der Waals surface area (Å²) < 4.78 is 0. The van der Waals surface area contributed by atoms with Crippen LogP contribution in [0.3, 0.4) is 0 Å². The molecule has 0 bridgehead atoms. The Labute approximate surface area is 162 Å². The second kappa shape index (κ2) is 7.65. The van der Waals surface area contributed by atoms with E-state index in [2.05, 4.69) is 17.1 Å². The molecule has 1 spiro atoms. The minimum atomic E-state index is -0.337. The van der Waals surface area contributed by atoms with Crippen LogP contribution in [0.1, 0.15) is 93.0 Å². The Morgan fingerprint density at radius 2 is 1.81 bits per heavy atom. The first-order chi connectivity index (χ1) is 13.2. The molecule has 146 valence electrons. The summed E-state index contributed by atoms with van der Waals surface area (Å²) >= 11 is 0. The van der Waals surface area contributed by atoms with E-state index < -0.39 is 0 Å². The quantitative estimate of drug-likeness (QED) is 0.856. The van der Waals surface area contributed by atoms with Crippen LogP contribution in [0, 0.1) is 0 Å². The average Bonchev–Trinajstić information content (AvgIpc) is 3.21. The molecule has 4 rings (SSSR count). The van der Waals surface area contributed by atoms with E-state index in [1.54, 1.807) is 0 Å². The summed E-state index contributed by atoms with van der Waals surface area (Å²) in [7, 11) is 0. The lowest BCUT2D eigenvalue weighted by atomic mass is 9.64. The number of nitrogens with one attached hydrogen (secondary N) is 1. The third kappa shape index (κ3) is 3.07. The van der Waals surface area contributed by atoms with E-state index >= 15 is 0 Å². The van der Waals surface area contributed by atoms with Gasteiger partial charge in [-0.15, -0.1) is 0 Å². The number of amides is 2. The van der Waals surface area contributed by atoms with Crippen molar-refractivity contribution in [3.8, 4) is 0 Å². The van der Waals surface area contributed by atoms with Crippen LogP contribution in [0.2, 0.25) is 0 Å². The highest BCUT2D eigenvalue weighted by atomic mass is 16.2. The van der Waals surface area contributed by atoms with Crippen LogP contribution < -0.4 is 5.32 Å². The van der Waals surface area contributed by atoms with Crippen LogP contribution in [0.15, 0.2) is 24.3 Å². The summed E-state index contributed by atoms with van der Waals surface area (Å²) in [5, 5.41) is 3.16. The smallest absolute Gasteiger partial charge is 0.254 e. The van der Waals surface area contributed by atoms with Gasteiger partial charge in [0.1, 0.15) is 0 Å². The molecule has 2 fully saturated rings. The van der Waals surface area contributed by atoms with Crippen LogP contribution in [0.5, 0.6) is 0 Å². The highest BCUT2D eigenvalue weighted by Gasteiger charge is 2.56. The van der Waals surface area contributed by atoms with Gasteiger partial charge in [0.05, 0.1) is 11.5 Å². The molecule has 4 nitrogen and oxygen atoms in total. The van der Waals surface area contributed by atoms with Gasteiger partial charge in [0, 0.05) is 18.2 Å². The number of fused-ring (bicyclic) bond motifs is 1. The molecule has 0 aromatic heterocycles. The lowest BCUT2D eigenvalue weighted by Crippen LogP contribution is -2.65. The Kier molecular flexibility index (Phi) is 5.25. The molecule has 1 atom stereocenters. The van der Waals surface area contributed by atoms with E-state index in [-0.39, 0.29) is 23.3 Å². The molecule has 1 unspecified atom stereocenters. The molecule has 1 aromatic carbocycles. The van der Waals surface area contributed by atoms with Gasteiger partial charge in [-0.3, -0.25) is 9.59 Å². The van der Waals surface area contributed by atoms with Crippen molar-refractivity contribution in [2.75, 3.05) is 6.54 Å². The highest BCUT2D eigenvalue weighted by molar-refractivity contribution is 6.02. The number of carbonyl (C=O) groups is 2. The largest absolute Gasteiger partial charge is 0.356 e. The summed E-state index contributed by atoms with van der Waals surface area (Å²) in [6.45, 7) is 2.78. The molecule has 1 N–H and O–H groups in total. The number of hydrogen-bond donors (Lipinski definition) is 1. The van der Waals surface area contributed by atoms with E-state index in [1.165, 1.54) is 19.3 Å². The topological polar surface area (TPSA) is 49.4 Å². The molecule has 1 heterocycles. The lowest BCUT2D eigenvalue weighted by molar-refractivity contribution is -0.128. The van der Waals surface area contributed by atoms with Gasteiger partial charge in [-0.25, -0.2) is 0 Å². The Morgan fingerprint density at radius 1 is 1.11 bits per heavy atom. The Morgan fingerprint density at radius 3 is 2.52 bits per heavy atom. The maximum Gasteiger partial charge on any atom is 0.254 e. The maximum absolute atomic E-state index is 13.7. The molecule has 0 saturated heterocycles. The zero-order valence-corrected chi connectivity index (χ0v) is 16.5. The van der Waals surface area contributed by atoms with Crippen molar-refractivity contribution in [3.63, 3.8) is 0 Å². The molecule has 3 aliphatic rings. The van der Waals surface area contributed by atoms with Gasteiger partial charge in [-0.05, 0) is 43.7 Å². The minimum absolute atomic E-state index is 0.113. The van der Waals surface area contributed by atoms with E-state index in [9.17, 15) is 9.59 Å². The zero-order valence-electron chi connectivity index (χ0n) is 16.5. The second-order valence-electron chi connectivity index (χ2n) is 8.59. The second-order valence-corrected chi connectivity index (χ2v) is 8.59. The standard InChI is InChI=1S/C23H32N2O2/c1-2-16-24-21(26)20-18-12-6-7-13-19(18)22(27)25(17-10-4-5-11-17)23(20)14-8-3-9-15-23/h6-7,12-13,17,20H,2-5,8-11,14-16H2,1H3,(H,24,26). The molecule has 2 amide bonds. The summed E-state index contributed by atoms with van der Waals surface area (Å²) in [6.07, 6.45) is 10.8. The van der Waals surface area contributed by atoms with Gasteiger partial charge in [0.15, 0.2) is 0 Å². The van der Waals surface area contributed by atoms with Crippen LogP contribution in [0.25, 0.3) is 0 Å². The number of hydrogen-bond acceptors (Lipinski definition) is 2. The SMILES string of the molecule is CCCNC(=O)C1c2ccccc2C(=O)N(C2CCCC2)C12CCCCC2. The normalized spacial score (nSPS) is 24.9. The van der Waals surface area contributed by atoms with Crippen LogP contribution in [0.4, 0.5) is 0 Å². The molecular weight excluding hydrogens is 336 g/mol. The molecule has 0 radical (unpaired) electrons. The fraction of sp³-hybridized carbons (Fsp3) is 0.652. The first kappa shape index (κ1) is 18.5. The minimum Gasteiger partial charge on any atom is -0.356 e. The third-order valence-corrected chi connectivity index (χ3v) is 6.96. The number of nitrogens with zero attached hydrogens (tertiary/aromatic N) is 1. The van der Waals surface area contributed by atoms with Gasteiger partial charge < -0.3 is 10.2 Å². The zero-order chi connectivity index (χ0) is 18.9. The molecule has 2 saturated carbocycles. The Hall–Kier alpha value is -1.84. The number of rotatable bonds is 4. The first-order valence-corrected chi connectivity index (χ1v) is 10.9. The molecule has 27 heavy (non-hydrogen) atoms. The van der Waals surface area contributed by atoms with E-state index in [4.69, 9.17) is 0 Å². The number of benzene rings is 1. The Bertz CT molecular complexity index is 702. The van der Waals surface area contributed by atoms with Crippen molar-refractivity contribution in [2.24, 2.45) is 0 Å². The predicted molar refractivity (Wildman–Crippen MR) is 107 cm³/mol. The molecule has 4 heteroatoms. The van der Waals surface area contributed by atoms with Crippen LogP contribution >= 0.6 is 0 Å². The lowest BCUT2D eigenvalue weighted by Gasteiger charge is -2.56. The van der Waals surface area contributed by atoms with E-state index in [0.717, 1.165) is 56.1 Å². The van der Waals surface area contributed by atoms with Crippen molar-refractivity contribution in [3.05, 3.63) is 35.4 Å². The number of carbonyl (C=O) groups excluding carboxylic acids is 2. The molecular formula is C23H32N2O2. The summed E-state index contributed by atoms with van der Waals surface area (Å²) in [6, 6.07) is 8.16. The molecule has 1 aliphatic heterocycles. The third-order valence-electron chi connectivity index (χ3n) is 6.96. The van der Waals surface area contributed by atoms with Gasteiger partial charge in [-0.1, -0.05) is 57.2 Å². The fourth-order valence-corrected chi connectivity index (χ4v) is 5.83. The summed E-state index contributed by atoms with van der Waals surface area (Å²) in [4.78, 5) is 29.3.